The van der Waals surface area contributed by atoms with Crippen LogP contribution < -0.4 is 5.32 Å². The molecule has 4 rings (SSSR count). The Hall–Kier alpha value is -0.910. The number of rotatable bonds is 5. The fourth-order valence-corrected chi connectivity index (χ4v) is 5.12. The first-order valence-corrected chi connectivity index (χ1v) is 10.3. The van der Waals surface area contributed by atoms with Crippen LogP contribution in [0, 0.1) is 5.41 Å². The van der Waals surface area contributed by atoms with Crippen LogP contribution in [0.2, 0.25) is 0 Å². The van der Waals surface area contributed by atoms with Gasteiger partial charge in [0.05, 0.1) is 12.5 Å². The van der Waals surface area contributed by atoms with Crippen LogP contribution >= 0.6 is 11.3 Å². The Labute approximate surface area is 148 Å². The zero-order valence-corrected chi connectivity index (χ0v) is 15.2. The quantitative estimate of drug-likeness (QED) is 0.889. The first kappa shape index (κ1) is 16.6. The average Bonchev–Trinajstić information content (AvgIpc) is 3.05. The number of piperidine rings is 1. The molecule has 0 aromatic carbocycles. The first-order chi connectivity index (χ1) is 11.8. The molecular weight excluding hydrogens is 320 g/mol. The van der Waals surface area contributed by atoms with E-state index in [1.165, 1.54) is 31.2 Å². The number of carbonyl (C=O) groups is 1. The fourth-order valence-electron chi connectivity index (χ4n) is 4.46. The average molecular weight is 349 g/mol. The first-order valence-electron chi connectivity index (χ1n) is 9.40. The monoisotopic (exact) mass is 348 g/mol. The number of nitrogens with one attached hydrogen (secondary N) is 1. The molecular formula is C19H28N2O2S. The maximum Gasteiger partial charge on any atom is 0.225 e. The number of thiophene rings is 1. The zero-order valence-electron chi connectivity index (χ0n) is 14.3. The molecule has 132 valence electrons. The van der Waals surface area contributed by atoms with Crippen LogP contribution in [0.5, 0.6) is 0 Å². The molecule has 4 nitrogen and oxygen atoms in total. The van der Waals surface area contributed by atoms with Gasteiger partial charge in [-0.2, -0.15) is 11.3 Å². The SMILES string of the molecule is O=C(CC1CCCCO1)N(Cc1ccsc1)C1CC12CCNCC2. The van der Waals surface area contributed by atoms with Crippen LogP contribution in [0.3, 0.4) is 0 Å². The Morgan fingerprint density at radius 1 is 1.38 bits per heavy atom. The molecule has 1 saturated carbocycles. The molecule has 24 heavy (non-hydrogen) atoms. The molecule has 3 heterocycles. The van der Waals surface area contributed by atoms with E-state index in [1.807, 2.05) is 0 Å². The van der Waals surface area contributed by atoms with Crippen molar-refractivity contribution in [1.29, 1.82) is 0 Å². The van der Waals surface area contributed by atoms with Gasteiger partial charge in [-0.3, -0.25) is 4.79 Å². The van der Waals surface area contributed by atoms with E-state index in [2.05, 4.69) is 27.0 Å². The second-order valence-electron chi connectivity index (χ2n) is 7.68. The predicted octanol–water partition coefficient (Wildman–Crippen LogP) is 3.18. The third-order valence-corrected chi connectivity index (χ3v) is 6.78. The fraction of sp³-hybridized carbons (Fsp3) is 0.737. The van der Waals surface area contributed by atoms with Crippen LogP contribution in [0.4, 0.5) is 0 Å². The Morgan fingerprint density at radius 2 is 2.25 bits per heavy atom. The number of carbonyl (C=O) groups excluding carboxylic acids is 1. The van der Waals surface area contributed by atoms with Gasteiger partial charge in [0, 0.05) is 19.2 Å². The minimum Gasteiger partial charge on any atom is -0.378 e. The number of amides is 1. The van der Waals surface area contributed by atoms with Crippen molar-refractivity contribution in [2.45, 2.75) is 63.6 Å². The Balaban J connectivity index is 1.44. The maximum absolute atomic E-state index is 13.1. The summed E-state index contributed by atoms with van der Waals surface area (Å²) in [7, 11) is 0. The normalized spacial score (nSPS) is 28.7. The van der Waals surface area contributed by atoms with Gasteiger partial charge in [0.2, 0.25) is 5.91 Å². The van der Waals surface area contributed by atoms with E-state index >= 15 is 0 Å². The highest BCUT2D eigenvalue weighted by atomic mass is 32.1. The Morgan fingerprint density at radius 3 is 2.96 bits per heavy atom. The van der Waals surface area contributed by atoms with Crippen molar-refractivity contribution in [1.82, 2.24) is 10.2 Å². The second-order valence-corrected chi connectivity index (χ2v) is 8.46. The molecule has 1 N–H and O–H groups in total. The lowest BCUT2D eigenvalue weighted by Crippen LogP contribution is -2.40. The lowest BCUT2D eigenvalue weighted by atomic mass is 9.93. The topological polar surface area (TPSA) is 41.6 Å². The smallest absolute Gasteiger partial charge is 0.225 e. The maximum atomic E-state index is 13.1. The molecule has 5 heteroatoms. The number of nitrogens with zero attached hydrogens (tertiary/aromatic N) is 1. The summed E-state index contributed by atoms with van der Waals surface area (Å²) in [6.45, 7) is 3.79. The zero-order chi connectivity index (χ0) is 16.4. The van der Waals surface area contributed by atoms with Gasteiger partial charge in [0.1, 0.15) is 0 Å². The van der Waals surface area contributed by atoms with Crippen molar-refractivity contribution < 1.29 is 9.53 Å². The van der Waals surface area contributed by atoms with Gasteiger partial charge in [0.15, 0.2) is 0 Å². The van der Waals surface area contributed by atoms with Gasteiger partial charge in [0.25, 0.3) is 0 Å². The summed E-state index contributed by atoms with van der Waals surface area (Å²) < 4.78 is 5.82. The van der Waals surface area contributed by atoms with Gasteiger partial charge in [-0.15, -0.1) is 0 Å². The predicted molar refractivity (Wildman–Crippen MR) is 96.0 cm³/mol. The number of hydrogen-bond acceptors (Lipinski definition) is 4. The Bertz CT molecular complexity index is 548. The molecule has 1 aliphatic carbocycles. The van der Waals surface area contributed by atoms with Crippen LogP contribution in [0.1, 0.15) is 50.5 Å². The highest BCUT2D eigenvalue weighted by Gasteiger charge is 2.57. The van der Waals surface area contributed by atoms with E-state index in [4.69, 9.17) is 4.74 Å². The molecule has 0 bridgehead atoms. The molecule has 3 aliphatic rings. The highest BCUT2D eigenvalue weighted by Crippen LogP contribution is 2.56. The molecule has 1 aromatic heterocycles. The molecule has 1 aromatic rings. The summed E-state index contributed by atoms with van der Waals surface area (Å²) in [5, 5.41) is 7.74. The van der Waals surface area contributed by atoms with E-state index in [0.717, 1.165) is 39.1 Å². The lowest BCUT2D eigenvalue weighted by molar-refractivity contribution is -0.137. The van der Waals surface area contributed by atoms with Gasteiger partial charge in [-0.1, -0.05) is 0 Å². The van der Waals surface area contributed by atoms with E-state index in [-0.39, 0.29) is 6.10 Å². The van der Waals surface area contributed by atoms with Crippen molar-refractivity contribution in [3.63, 3.8) is 0 Å². The van der Waals surface area contributed by atoms with E-state index in [9.17, 15) is 4.79 Å². The minimum absolute atomic E-state index is 0.138. The Kier molecular flexibility index (Phi) is 4.93. The summed E-state index contributed by atoms with van der Waals surface area (Å²) in [4.78, 5) is 15.3. The van der Waals surface area contributed by atoms with Crippen LogP contribution in [0.25, 0.3) is 0 Å². The van der Waals surface area contributed by atoms with Gasteiger partial charge >= 0.3 is 0 Å². The van der Waals surface area contributed by atoms with Crippen molar-refractivity contribution in [3.8, 4) is 0 Å². The largest absolute Gasteiger partial charge is 0.378 e. The number of ether oxygens (including phenoxy) is 1. The molecule has 2 aliphatic heterocycles. The van der Waals surface area contributed by atoms with Crippen molar-refractivity contribution in [2.75, 3.05) is 19.7 Å². The van der Waals surface area contributed by atoms with E-state index < -0.39 is 0 Å². The lowest BCUT2D eigenvalue weighted by Gasteiger charge is -2.31. The number of hydrogen-bond donors (Lipinski definition) is 1. The van der Waals surface area contributed by atoms with Gasteiger partial charge in [-0.25, -0.2) is 0 Å². The van der Waals surface area contributed by atoms with Crippen molar-refractivity contribution >= 4 is 17.2 Å². The standard InChI is InChI=1S/C19H28N2O2S/c22-18(11-16-3-1-2-9-23-16)21(13-15-4-10-24-14-15)17-12-19(17)5-7-20-8-6-19/h4,10,14,16-17,20H,1-3,5-9,11-13H2. The van der Waals surface area contributed by atoms with Crippen LogP contribution in [-0.4, -0.2) is 42.6 Å². The van der Waals surface area contributed by atoms with Gasteiger partial charge in [-0.05, 0) is 79.4 Å². The summed E-state index contributed by atoms with van der Waals surface area (Å²) in [5.74, 6) is 0.300. The minimum atomic E-state index is 0.138. The third kappa shape index (κ3) is 3.53. The molecule has 1 spiro atoms. The van der Waals surface area contributed by atoms with Crippen LogP contribution in [0.15, 0.2) is 16.8 Å². The molecule has 3 fully saturated rings. The van der Waals surface area contributed by atoms with E-state index in [1.54, 1.807) is 11.3 Å². The molecule has 2 unspecified atom stereocenters. The van der Waals surface area contributed by atoms with Crippen molar-refractivity contribution in [2.24, 2.45) is 5.41 Å². The summed E-state index contributed by atoms with van der Waals surface area (Å²) in [6.07, 6.45) is 7.70. The van der Waals surface area contributed by atoms with Gasteiger partial charge < -0.3 is 15.0 Å². The molecule has 2 saturated heterocycles. The van der Waals surface area contributed by atoms with Crippen LogP contribution in [-0.2, 0) is 16.1 Å². The molecule has 2 atom stereocenters. The van der Waals surface area contributed by atoms with Crippen molar-refractivity contribution in [3.05, 3.63) is 22.4 Å². The molecule has 1 amide bonds. The summed E-state index contributed by atoms with van der Waals surface area (Å²) in [6, 6.07) is 2.59. The molecule has 0 radical (unpaired) electrons. The highest BCUT2D eigenvalue weighted by molar-refractivity contribution is 7.07. The second kappa shape index (κ2) is 7.14. The van der Waals surface area contributed by atoms with E-state index in [0.29, 0.717) is 23.8 Å². The summed E-state index contributed by atoms with van der Waals surface area (Å²) >= 11 is 1.72. The summed E-state index contributed by atoms with van der Waals surface area (Å²) in [5.41, 5.74) is 1.67. The third-order valence-electron chi connectivity index (χ3n) is 6.05.